The number of alkyl halides is 3. The highest BCUT2D eigenvalue weighted by atomic mass is 19.4. The zero-order chi connectivity index (χ0) is 27.0. The molecule has 2 aliphatic rings. The molecule has 11 heteroatoms. The van der Waals surface area contributed by atoms with Crippen LogP contribution in [0.15, 0.2) is 54.7 Å². The summed E-state index contributed by atoms with van der Waals surface area (Å²) in [5.41, 5.74) is 2.67. The average Bonchev–Trinajstić information content (AvgIpc) is 3.27. The fourth-order valence-electron chi connectivity index (χ4n) is 4.89. The van der Waals surface area contributed by atoms with Gasteiger partial charge in [-0.2, -0.15) is 23.5 Å². The van der Waals surface area contributed by atoms with Gasteiger partial charge in [0.2, 0.25) is 0 Å². The molecule has 2 aromatic carbocycles. The third-order valence-corrected chi connectivity index (χ3v) is 7.04. The lowest BCUT2D eigenvalue weighted by Crippen LogP contribution is -2.47. The first kappa shape index (κ1) is 25.5. The van der Waals surface area contributed by atoms with E-state index in [2.05, 4.69) is 15.7 Å². The van der Waals surface area contributed by atoms with E-state index in [1.807, 2.05) is 25.1 Å². The Balaban J connectivity index is 1.27. The highest BCUT2D eigenvalue weighted by molar-refractivity contribution is 6.15. The van der Waals surface area contributed by atoms with E-state index in [9.17, 15) is 22.8 Å². The van der Waals surface area contributed by atoms with Gasteiger partial charge in [-0.3, -0.25) is 14.3 Å². The van der Waals surface area contributed by atoms with Gasteiger partial charge in [-0.05, 0) is 55.7 Å². The highest BCUT2D eigenvalue weighted by Gasteiger charge is 2.47. The smallest absolute Gasteiger partial charge is 0.322 e. The second-order valence-corrected chi connectivity index (χ2v) is 9.71. The van der Waals surface area contributed by atoms with E-state index in [-0.39, 0.29) is 42.1 Å². The maximum Gasteiger partial charge on any atom is 0.391 e. The predicted octanol–water partition coefficient (Wildman–Crippen LogP) is 4.49. The molecular weight excluding hydrogens is 497 g/mol. The van der Waals surface area contributed by atoms with Crippen molar-refractivity contribution in [2.24, 2.45) is 5.92 Å². The van der Waals surface area contributed by atoms with Crippen LogP contribution < -0.4 is 15.5 Å². The first-order valence-electron chi connectivity index (χ1n) is 12.2. The number of benzene rings is 2. The van der Waals surface area contributed by atoms with Crippen LogP contribution in [0.2, 0.25) is 0 Å². The van der Waals surface area contributed by atoms with Gasteiger partial charge < -0.3 is 15.5 Å². The SMILES string of the molecule is C[C@H]1Cn2ncc(C(=O)Nc3cccc(C#N)c3)c2C(=O)N1c1ccc(CNC2CC(C(F)(F)F)C2)cc1. The summed E-state index contributed by atoms with van der Waals surface area (Å²) < 4.78 is 39.6. The lowest BCUT2D eigenvalue weighted by molar-refractivity contribution is -0.199. The quantitative estimate of drug-likeness (QED) is 0.497. The van der Waals surface area contributed by atoms with Gasteiger partial charge in [0.1, 0.15) is 5.69 Å². The monoisotopic (exact) mass is 522 g/mol. The summed E-state index contributed by atoms with van der Waals surface area (Å²) in [6.07, 6.45) is -2.58. The number of hydrogen-bond acceptors (Lipinski definition) is 5. The molecule has 1 saturated carbocycles. The summed E-state index contributed by atoms with van der Waals surface area (Å²) in [5.74, 6) is -2.10. The Morgan fingerprint density at radius 1 is 1.18 bits per heavy atom. The number of nitrogens with zero attached hydrogens (tertiary/aromatic N) is 4. The molecule has 8 nitrogen and oxygen atoms in total. The summed E-state index contributed by atoms with van der Waals surface area (Å²) >= 11 is 0. The highest BCUT2D eigenvalue weighted by Crippen LogP contribution is 2.41. The van der Waals surface area contributed by atoms with E-state index in [1.165, 1.54) is 10.9 Å². The van der Waals surface area contributed by atoms with E-state index in [4.69, 9.17) is 5.26 Å². The summed E-state index contributed by atoms with van der Waals surface area (Å²) in [4.78, 5) is 28.2. The minimum absolute atomic E-state index is 0.0920. The maximum atomic E-state index is 13.6. The van der Waals surface area contributed by atoms with Crippen LogP contribution in [0.1, 0.15) is 51.7 Å². The number of anilines is 2. The average molecular weight is 523 g/mol. The third-order valence-electron chi connectivity index (χ3n) is 7.04. The Hall–Kier alpha value is -4.17. The molecule has 3 aromatic rings. The van der Waals surface area contributed by atoms with Crippen LogP contribution in [0.4, 0.5) is 24.5 Å². The molecule has 2 amide bonds. The molecule has 0 radical (unpaired) electrons. The fraction of sp³-hybridized carbons (Fsp3) is 0.333. The molecule has 0 saturated heterocycles. The molecule has 0 unspecified atom stereocenters. The van der Waals surface area contributed by atoms with Crippen LogP contribution in [0.3, 0.4) is 0 Å². The first-order chi connectivity index (χ1) is 18.1. The van der Waals surface area contributed by atoms with Crippen molar-refractivity contribution in [1.82, 2.24) is 15.1 Å². The van der Waals surface area contributed by atoms with Gasteiger partial charge in [-0.25, -0.2) is 0 Å². The number of halogens is 3. The van der Waals surface area contributed by atoms with Gasteiger partial charge in [0.25, 0.3) is 11.8 Å². The zero-order valence-electron chi connectivity index (χ0n) is 20.5. The van der Waals surface area contributed by atoms with Crippen molar-refractivity contribution in [2.75, 3.05) is 10.2 Å². The van der Waals surface area contributed by atoms with Crippen LogP contribution in [-0.2, 0) is 13.1 Å². The van der Waals surface area contributed by atoms with Crippen molar-refractivity contribution in [1.29, 1.82) is 5.26 Å². The van der Waals surface area contributed by atoms with Gasteiger partial charge in [0.05, 0.1) is 41.9 Å². The normalized spacial score (nSPS) is 20.9. The van der Waals surface area contributed by atoms with E-state index in [1.54, 1.807) is 41.3 Å². The van der Waals surface area contributed by atoms with Crippen molar-refractivity contribution in [3.63, 3.8) is 0 Å². The lowest BCUT2D eigenvalue weighted by Gasteiger charge is -2.37. The Morgan fingerprint density at radius 3 is 2.61 bits per heavy atom. The molecule has 1 aromatic heterocycles. The molecule has 1 atom stereocenters. The Labute approximate surface area is 217 Å². The number of carbonyl (C=O) groups excluding carboxylic acids is 2. The van der Waals surface area contributed by atoms with Crippen LogP contribution in [0.25, 0.3) is 0 Å². The fourth-order valence-corrected chi connectivity index (χ4v) is 4.89. The predicted molar refractivity (Wildman–Crippen MR) is 133 cm³/mol. The van der Waals surface area contributed by atoms with Crippen molar-refractivity contribution in [3.05, 3.63) is 77.1 Å². The van der Waals surface area contributed by atoms with E-state index < -0.39 is 18.0 Å². The number of amides is 2. The Morgan fingerprint density at radius 2 is 1.92 bits per heavy atom. The minimum atomic E-state index is -4.13. The van der Waals surface area contributed by atoms with Crippen molar-refractivity contribution in [2.45, 2.75) is 51.1 Å². The third kappa shape index (κ3) is 4.99. The molecule has 196 valence electrons. The van der Waals surface area contributed by atoms with Gasteiger partial charge in [0.15, 0.2) is 0 Å². The van der Waals surface area contributed by atoms with Crippen LogP contribution >= 0.6 is 0 Å². The number of carbonyl (C=O) groups is 2. The van der Waals surface area contributed by atoms with Crippen LogP contribution in [0.5, 0.6) is 0 Å². The van der Waals surface area contributed by atoms with Gasteiger partial charge in [0, 0.05) is 24.0 Å². The second kappa shape index (κ2) is 9.95. The Bertz CT molecular complexity index is 1400. The topological polar surface area (TPSA) is 103 Å². The molecule has 38 heavy (non-hydrogen) atoms. The van der Waals surface area contributed by atoms with Gasteiger partial charge >= 0.3 is 6.18 Å². The first-order valence-corrected chi connectivity index (χ1v) is 12.2. The van der Waals surface area contributed by atoms with E-state index in [0.717, 1.165) is 5.56 Å². The molecule has 0 spiro atoms. The maximum absolute atomic E-state index is 13.6. The lowest BCUT2D eigenvalue weighted by atomic mass is 9.80. The molecule has 2 N–H and O–H groups in total. The zero-order valence-corrected chi connectivity index (χ0v) is 20.5. The van der Waals surface area contributed by atoms with E-state index in [0.29, 0.717) is 30.0 Å². The number of rotatable bonds is 6. The van der Waals surface area contributed by atoms with Crippen LogP contribution in [-0.4, -0.2) is 39.9 Å². The van der Waals surface area contributed by atoms with Crippen LogP contribution in [0, 0.1) is 17.2 Å². The summed E-state index contributed by atoms with van der Waals surface area (Å²) in [6.45, 7) is 2.71. The second-order valence-electron chi connectivity index (χ2n) is 9.71. The van der Waals surface area contributed by atoms with Gasteiger partial charge in [-0.15, -0.1) is 0 Å². The van der Waals surface area contributed by atoms with Gasteiger partial charge in [-0.1, -0.05) is 18.2 Å². The summed E-state index contributed by atoms with van der Waals surface area (Å²) in [5, 5.41) is 19.2. The number of nitriles is 1. The molecule has 1 aliphatic carbocycles. The van der Waals surface area contributed by atoms with Crippen molar-refractivity contribution < 1.29 is 22.8 Å². The number of aromatic nitrogens is 2. The van der Waals surface area contributed by atoms with E-state index >= 15 is 0 Å². The molecule has 0 bridgehead atoms. The Kier molecular flexibility index (Phi) is 6.67. The molecular formula is C27H25F3N6O2. The minimum Gasteiger partial charge on any atom is -0.322 e. The van der Waals surface area contributed by atoms with Crippen molar-refractivity contribution >= 4 is 23.2 Å². The summed E-state index contributed by atoms with van der Waals surface area (Å²) in [6, 6.07) is 15.4. The summed E-state index contributed by atoms with van der Waals surface area (Å²) in [7, 11) is 0. The molecule has 5 rings (SSSR count). The standard InChI is InChI=1S/C27H25F3N6O2/c1-16-15-35-24(23(14-33-35)25(37)34-20-4-2-3-18(9-20)12-31)26(38)36(16)22-7-5-17(6-8-22)13-32-21-10-19(11-21)27(28,29)30/h2-9,14,16,19,21,32H,10-11,13,15H2,1H3,(H,34,37)/t16-,19?,21?/m0/s1. The molecule has 1 aliphatic heterocycles. The number of hydrogen-bond donors (Lipinski definition) is 2. The van der Waals surface area contributed by atoms with Crippen molar-refractivity contribution in [3.8, 4) is 6.07 Å². The molecule has 2 heterocycles. The largest absolute Gasteiger partial charge is 0.391 e. The number of fused-ring (bicyclic) bond motifs is 1. The number of nitrogens with one attached hydrogen (secondary N) is 2. The molecule has 1 fully saturated rings.